The number of non-ortho nitro benzene ring substituents is 1. The van der Waals surface area contributed by atoms with Gasteiger partial charge < -0.3 is 14.8 Å². The minimum absolute atomic E-state index is 0.0197. The van der Waals surface area contributed by atoms with Gasteiger partial charge in [-0.1, -0.05) is 18.2 Å². The third kappa shape index (κ3) is 5.84. The molecule has 0 unspecified atom stereocenters. The van der Waals surface area contributed by atoms with Gasteiger partial charge in [-0.3, -0.25) is 14.9 Å². The number of nitro benzene ring substituents is 1. The highest BCUT2D eigenvalue weighted by atomic mass is 16.6. The molecule has 2 aromatic carbocycles. The summed E-state index contributed by atoms with van der Waals surface area (Å²) in [4.78, 5) is 22.6. The fourth-order valence-electron chi connectivity index (χ4n) is 2.60. The number of ether oxygens (including phenoxy) is 2. The molecule has 0 fully saturated rings. The van der Waals surface area contributed by atoms with Crippen molar-refractivity contribution in [3.05, 3.63) is 69.8 Å². The lowest BCUT2D eigenvalue weighted by molar-refractivity contribution is -0.384. The Kier molecular flexibility index (Phi) is 7.56. The fraction of sp³-hybridized carbons (Fsp3) is 0.286. The zero-order valence-electron chi connectivity index (χ0n) is 16.2. The van der Waals surface area contributed by atoms with Gasteiger partial charge >= 0.3 is 0 Å². The maximum absolute atomic E-state index is 12.2. The molecule has 28 heavy (non-hydrogen) atoms. The molecule has 2 rings (SSSR count). The molecule has 0 radical (unpaired) electrons. The lowest BCUT2D eigenvalue weighted by Crippen LogP contribution is -2.24. The summed E-state index contributed by atoms with van der Waals surface area (Å²) in [5.74, 6) is 0.998. The predicted octanol–water partition coefficient (Wildman–Crippen LogP) is 4.28. The van der Waals surface area contributed by atoms with Crippen LogP contribution in [0, 0.1) is 10.1 Å². The Morgan fingerprint density at radius 2 is 1.86 bits per heavy atom. The summed E-state index contributed by atoms with van der Waals surface area (Å²) < 4.78 is 11.2. The molecule has 0 bridgehead atoms. The average Bonchev–Trinajstić information content (AvgIpc) is 2.68. The lowest BCUT2D eigenvalue weighted by atomic mass is 10.1. The third-order valence-electron chi connectivity index (χ3n) is 3.93. The van der Waals surface area contributed by atoms with Crippen LogP contribution in [-0.4, -0.2) is 24.0 Å². The van der Waals surface area contributed by atoms with Gasteiger partial charge in [0.05, 0.1) is 24.2 Å². The molecular formula is C21H24N2O5. The fourth-order valence-corrected chi connectivity index (χ4v) is 2.60. The van der Waals surface area contributed by atoms with Crippen LogP contribution in [0.4, 0.5) is 5.69 Å². The van der Waals surface area contributed by atoms with Crippen molar-refractivity contribution in [2.45, 2.75) is 26.8 Å². The minimum atomic E-state index is -0.471. The zero-order chi connectivity index (χ0) is 20.5. The van der Waals surface area contributed by atoms with Gasteiger partial charge in [0.1, 0.15) is 0 Å². The van der Waals surface area contributed by atoms with Crippen LogP contribution in [0.3, 0.4) is 0 Å². The molecule has 0 aliphatic carbocycles. The molecular weight excluding hydrogens is 360 g/mol. The van der Waals surface area contributed by atoms with Gasteiger partial charge in [-0.05, 0) is 50.1 Å². The Morgan fingerprint density at radius 3 is 2.54 bits per heavy atom. The van der Waals surface area contributed by atoms with Gasteiger partial charge in [-0.15, -0.1) is 0 Å². The van der Waals surface area contributed by atoms with Crippen LogP contribution in [0.5, 0.6) is 11.5 Å². The molecule has 0 aliphatic heterocycles. The van der Waals surface area contributed by atoms with E-state index in [1.165, 1.54) is 18.2 Å². The number of benzene rings is 2. The van der Waals surface area contributed by atoms with E-state index in [2.05, 4.69) is 5.32 Å². The second kappa shape index (κ2) is 10.1. The standard InChI is InChI=1S/C21H24N2O5/c1-4-27-19-11-10-17(14-20(19)28-5-2)15(3)22-21(24)12-9-16-7-6-8-18(13-16)23(25)26/h6-15H,4-5H2,1-3H3,(H,22,24)/b12-9+/t15-/m0/s1. The molecule has 0 heterocycles. The maximum Gasteiger partial charge on any atom is 0.270 e. The van der Waals surface area contributed by atoms with E-state index in [0.717, 1.165) is 5.56 Å². The molecule has 0 saturated heterocycles. The first-order chi connectivity index (χ1) is 13.4. The molecule has 7 heteroatoms. The Morgan fingerprint density at radius 1 is 1.14 bits per heavy atom. The Balaban J connectivity index is 2.06. The van der Waals surface area contributed by atoms with E-state index in [0.29, 0.717) is 30.3 Å². The quantitative estimate of drug-likeness (QED) is 0.396. The number of nitrogens with one attached hydrogen (secondary N) is 1. The first kappa shape index (κ1) is 21.0. The Bertz CT molecular complexity index is 864. The highest BCUT2D eigenvalue weighted by Gasteiger charge is 2.12. The van der Waals surface area contributed by atoms with E-state index in [4.69, 9.17) is 9.47 Å². The van der Waals surface area contributed by atoms with Crippen LogP contribution >= 0.6 is 0 Å². The summed E-state index contributed by atoms with van der Waals surface area (Å²) in [5.41, 5.74) is 1.44. The van der Waals surface area contributed by atoms with Crippen molar-refractivity contribution in [1.29, 1.82) is 0 Å². The summed E-state index contributed by atoms with van der Waals surface area (Å²) in [6.45, 7) is 6.71. The van der Waals surface area contributed by atoms with Crippen molar-refractivity contribution >= 4 is 17.7 Å². The highest BCUT2D eigenvalue weighted by Crippen LogP contribution is 2.30. The van der Waals surface area contributed by atoms with Gasteiger partial charge in [0.15, 0.2) is 11.5 Å². The Labute approximate surface area is 164 Å². The first-order valence-corrected chi connectivity index (χ1v) is 9.07. The van der Waals surface area contributed by atoms with Gasteiger partial charge in [0, 0.05) is 18.2 Å². The van der Waals surface area contributed by atoms with E-state index in [1.54, 1.807) is 18.2 Å². The van der Waals surface area contributed by atoms with Crippen molar-refractivity contribution in [1.82, 2.24) is 5.32 Å². The van der Waals surface area contributed by atoms with E-state index >= 15 is 0 Å². The van der Waals surface area contributed by atoms with Crippen LogP contribution in [0.1, 0.15) is 37.9 Å². The van der Waals surface area contributed by atoms with Crippen molar-refractivity contribution < 1.29 is 19.2 Å². The zero-order valence-corrected chi connectivity index (χ0v) is 16.2. The SMILES string of the molecule is CCOc1ccc([C@H](C)NC(=O)/C=C/c2cccc([N+](=O)[O-])c2)cc1OCC. The third-order valence-corrected chi connectivity index (χ3v) is 3.93. The molecule has 1 amide bonds. The highest BCUT2D eigenvalue weighted by molar-refractivity contribution is 5.92. The number of nitro groups is 1. The number of hydrogen-bond donors (Lipinski definition) is 1. The van der Waals surface area contributed by atoms with Crippen LogP contribution in [0.2, 0.25) is 0 Å². The number of carbonyl (C=O) groups excluding carboxylic acids is 1. The molecule has 148 valence electrons. The number of carbonyl (C=O) groups is 1. The molecule has 0 spiro atoms. The number of nitrogens with zero attached hydrogens (tertiary/aromatic N) is 1. The van der Waals surface area contributed by atoms with E-state index < -0.39 is 4.92 Å². The van der Waals surface area contributed by atoms with Gasteiger partial charge in [-0.25, -0.2) is 0 Å². The summed E-state index contributed by atoms with van der Waals surface area (Å²) in [5, 5.41) is 13.7. The van der Waals surface area contributed by atoms with Crippen LogP contribution in [0.15, 0.2) is 48.5 Å². The smallest absolute Gasteiger partial charge is 0.270 e. The summed E-state index contributed by atoms with van der Waals surface area (Å²) in [6.07, 6.45) is 2.90. The molecule has 1 N–H and O–H groups in total. The van der Waals surface area contributed by atoms with Crippen LogP contribution in [-0.2, 0) is 4.79 Å². The molecule has 0 aliphatic rings. The number of hydrogen-bond acceptors (Lipinski definition) is 5. The molecule has 2 aromatic rings. The van der Waals surface area contributed by atoms with Gasteiger partial charge in [0.25, 0.3) is 5.69 Å². The summed E-state index contributed by atoms with van der Waals surface area (Å²) in [6, 6.07) is 11.4. The topological polar surface area (TPSA) is 90.7 Å². The summed E-state index contributed by atoms with van der Waals surface area (Å²) >= 11 is 0. The van der Waals surface area contributed by atoms with E-state index in [1.807, 2.05) is 39.0 Å². The van der Waals surface area contributed by atoms with Crippen molar-refractivity contribution in [3.8, 4) is 11.5 Å². The number of amides is 1. The van der Waals surface area contributed by atoms with Crippen molar-refractivity contribution in [3.63, 3.8) is 0 Å². The largest absolute Gasteiger partial charge is 0.490 e. The minimum Gasteiger partial charge on any atom is -0.490 e. The van der Waals surface area contributed by atoms with Gasteiger partial charge in [0.2, 0.25) is 5.91 Å². The molecule has 0 aromatic heterocycles. The van der Waals surface area contributed by atoms with Crippen LogP contribution < -0.4 is 14.8 Å². The van der Waals surface area contributed by atoms with Crippen molar-refractivity contribution in [2.24, 2.45) is 0 Å². The van der Waals surface area contributed by atoms with Crippen molar-refractivity contribution in [2.75, 3.05) is 13.2 Å². The summed E-state index contributed by atoms with van der Waals surface area (Å²) in [7, 11) is 0. The second-order valence-electron chi connectivity index (χ2n) is 5.99. The first-order valence-electron chi connectivity index (χ1n) is 9.07. The monoisotopic (exact) mass is 384 g/mol. The molecule has 0 saturated carbocycles. The second-order valence-corrected chi connectivity index (χ2v) is 5.99. The van der Waals surface area contributed by atoms with E-state index in [9.17, 15) is 14.9 Å². The molecule has 1 atom stereocenters. The number of rotatable bonds is 9. The molecule has 7 nitrogen and oxygen atoms in total. The maximum atomic E-state index is 12.2. The average molecular weight is 384 g/mol. The lowest BCUT2D eigenvalue weighted by Gasteiger charge is -2.17. The normalized spacial score (nSPS) is 11.8. The Hall–Kier alpha value is -3.35. The van der Waals surface area contributed by atoms with Crippen LogP contribution in [0.25, 0.3) is 6.08 Å². The predicted molar refractivity (Wildman–Crippen MR) is 107 cm³/mol. The van der Waals surface area contributed by atoms with Gasteiger partial charge in [-0.2, -0.15) is 0 Å². The van der Waals surface area contributed by atoms with E-state index in [-0.39, 0.29) is 17.6 Å².